The zero-order valence-corrected chi connectivity index (χ0v) is 10.4. The van der Waals surface area contributed by atoms with Gasteiger partial charge < -0.3 is 5.73 Å². The van der Waals surface area contributed by atoms with E-state index < -0.39 is 0 Å². The van der Waals surface area contributed by atoms with E-state index in [-0.39, 0.29) is 6.04 Å². The van der Waals surface area contributed by atoms with Crippen molar-refractivity contribution in [1.29, 1.82) is 0 Å². The number of rotatable bonds is 2. The molecule has 0 aromatic carbocycles. The summed E-state index contributed by atoms with van der Waals surface area (Å²) < 4.78 is 0. The quantitative estimate of drug-likeness (QED) is 0.835. The molecule has 3 unspecified atom stereocenters. The number of nitrogens with two attached hydrogens (primary N) is 1. The molecule has 15 heavy (non-hydrogen) atoms. The molecule has 1 aromatic heterocycles. The van der Waals surface area contributed by atoms with Crippen LogP contribution in [-0.4, -0.2) is 4.98 Å². The van der Waals surface area contributed by atoms with Crippen LogP contribution < -0.4 is 5.73 Å². The fraction of sp³-hybridized carbons (Fsp3) is 0.750. The third-order valence-corrected chi connectivity index (χ3v) is 4.64. The van der Waals surface area contributed by atoms with Crippen LogP contribution in [0.2, 0.25) is 0 Å². The molecule has 0 radical (unpaired) electrons. The minimum Gasteiger partial charge on any atom is -0.323 e. The van der Waals surface area contributed by atoms with Crippen LogP contribution in [0.4, 0.5) is 0 Å². The Morgan fingerprint density at radius 2 is 2.33 bits per heavy atom. The van der Waals surface area contributed by atoms with E-state index in [9.17, 15) is 0 Å². The highest BCUT2D eigenvalue weighted by Crippen LogP contribution is 2.38. The van der Waals surface area contributed by atoms with Crippen LogP contribution in [0.25, 0.3) is 0 Å². The van der Waals surface area contributed by atoms with Crippen molar-refractivity contribution in [3.05, 3.63) is 16.1 Å². The minimum atomic E-state index is 0.136. The lowest BCUT2D eigenvalue weighted by molar-refractivity contribution is 0.343. The van der Waals surface area contributed by atoms with E-state index in [2.05, 4.69) is 11.9 Å². The van der Waals surface area contributed by atoms with E-state index in [1.165, 1.54) is 35.6 Å². The Morgan fingerprint density at radius 3 is 2.93 bits per heavy atom. The SMILES string of the molecule is CC1CCCC(c2ncc(C(C)N)s2)C1. The molecule has 1 aromatic rings. The number of aromatic nitrogens is 1. The summed E-state index contributed by atoms with van der Waals surface area (Å²) in [5.41, 5.74) is 5.85. The molecule has 0 aliphatic heterocycles. The second-order valence-electron chi connectivity index (χ2n) is 4.86. The summed E-state index contributed by atoms with van der Waals surface area (Å²) in [6, 6.07) is 0.136. The molecule has 1 aliphatic carbocycles. The molecular formula is C12H20N2S. The molecule has 0 bridgehead atoms. The molecular weight excluding hydrogens is 204 g/mol. The number of hydrogen-bond acceptors (Lipinski definition) is 3. The van der Waals surface area contributed by atoms with Gasteiger partial charge in [-0.2, -0.15) is 0 Å². The van der Waals surface area contributed by atoms with Crippen molar-refractivity contribution in [3.8, 4) is 0 Å². The van der Waals surface area contributed by atoms with Gasteiger partial charge in [-0.3, -0.25) is 0 Å². The maximum atomic E-state index is 5.85. The second-order valence-corrected chi connectivity index (χ2v) is 5.95. The van der Waals surface area contributed by atoms with E-state index in [4.69, 9.17) is 5.73 Å². The van der Waals surface area contributed by atoms with Crippen molar-refractivity contribution >= 4 is 11.3 Å². The van der Waals surface area contributed by atoms with Crippen molar-refractivity contribution in [3.63, 3.8) is 0 Å². The summed E-state index contributed by atoms with van der Waals surface area (Å²) in [7, 11) is 0. The summed E-state index contributed by atoms with van der Waals surface area (Å²) in [6.45, 7) is 4.38. The smallest absolute Gasteiger partial charge is 0.0959 e. The summed E-state index contributed by atoms with van der Waals surface area (Å²) in [6.07, 6.45) is 7.34. The molecule has 1 aliphatic rings. The maximum Gasteiger partial charge on any atom is 0.0959 e. The molecule has 2 nitrogen and oxygen atoms in total. The highest BCUT2D eigenvalue weighted by molar-refractivity contribution is 7.11. The van der Waals surface area contributed by atoms with Crippen LogP contribution >= 0.6 is 11.3 Å². The number of thiazole rings is 1. The Bertz CT molecular complexity index is 319. The molecule has 1 fully saturated rings. The van der Waals surface area contributed by atoms with Crippen LogP contribution in [0.15, 0.2) is 6.20 Å². The Kier molecular flexibility index (Phi) is 3.42. The lowest BCUT2D eigenvalue weighted by atomic mass is 9.83. The third-order valence-electron chi connectivity index (χ3n) is 3.28. The zero-order valence-electron chi connectivity index (χ0n) is 9.57. The Balaban J connectivity index is 2.08. The Morgan fingerprint density at radius 1 is 1.53 bits per heavy atom. The summed E-state index contributed by atoms with van der Waals surface area (Å²) in [5.74, 6) is 1.57. The lowest BCUT2D eigenvalue weighted by Gasteiger charge is -2.24. The van der Waals surface area contributed by atoms with Gasteiger partial charge in [0.15, 0.2) is 0 Å². The van der Waals surface area contributed by atoms with Gasteiger partial charge in [-0.05, 0) is 25.7 Å². The second kappa shape index (κ2) is 4.62. The van der Waals surface area contributed by atoms with Crippen LogP contribution in [-0.2, 0) is 0 Å². The van der Waals surface area contributed by atoms with Gasteiger partial charge in [0.25, 0.3) is 0 Å². The monoisotopic (exact) mass is 224 g/mol. The van der Waals surface area contributed by atoms with Gasteiger partial charge in [0.2, 0.25) is 0 Å². The van der Waals surface area contributed by atoms with E-state index in [0.29, 0.717) is 5.92 Å². The van der Waals surface area contributed by atoms with Gasteiger partial charge >= 0.3 is 0 Å². The van der Waals surface area contributed by atoms with Crippen LogP contribution in [0.3, 0.4) is 0 Å². The Hall–Kier alpha value is -0.410. The zero-order chi connectivity index (χ0) is 10.8. The minimum absolute atomic E-state index is 0.136. The molecule has 3 heteroatoms. The van der Waals surface area contributed by atoms with Crippen LogP contribution in [0.1, 0.15) is 61.4 Å². The first-order valence-corrected chi connectivity index (χ1v) is 6.69. The predicted octanol–water partition coefficient (Wildman–Crippen LogP) is 3.46. The highest BCUT2D eigenvalue weighted by atomic mass is 32.1. The summed E-state index contributed by atoms with van der Waals surface area (Å²) >= 11 is 1.81. The molecule has 1 saturated carbocycles. The van der Waals surface area contributed by atoms with Gasteiger partial charge in [0.1, 0.15) is 0 Å². The molecule has 84 valence electrons. The van der Waals surface area contributed by atoms with Crippen LogP contribution in [0.5, 0.6) is 0 Å². The standard InChI is InChI=1S/C12H20N2S/c1-8-4-3-5-10(6-8)12-14-7-11(15-12)9(2)13/h7-10H,3-6,13H2,1-2H3. The first-order valence-electron chi connectivity index (χ1n) is 5.88. The van der Waals surface area contributed by atoms with Gasteiger partial charge in [0.05, 0.1) is 5.01 Å². The predicted molar refractivity (Wildman–Crippen MR) is 65.1 cm³/mol. The Labute approximate surface area is 95.9 Å². The molecule has 1 heterocycles. The van der Waals surface area contributed by atoms with E-state index in [1.54, 1.807) is 0 Å². The average molecular weight is 224 g/mol. The fourth-order valence-electron chi connectivity index (χ4n) is 2.36. The summed E-state index contributed by atoms with van der Waals surface area (Å²) in [4.78, 5) is 5.76. The maximum absolute atomic E-state index is 5.85. The fourth-order valence-corrected chi connectivity index (χ4v) is 3.38. The summed E-state index contributed by atoms with van der Waals surface area (Å²) in [5, 5.41) is 1.31. The van der Waals surface area contributed by atoms with E-state index in [0.717, 1.165) is 5.92 Å². The van der Waals surface area contributed by atoms with Crippen molar-refractivity contribution in [1.82, 2.24) is 4.98 Å². The molecule has 0 saturated heterocycles. The van der Waals surface area contributed by atoms with Crippen LogP contribution in [0, 0.1) is 5.92 Å². The third kappa shape index (κ3) is 2.58. The average Bonchev–Trinajstić information content (AvgIpc) is 2.66. The highest BCUT2D eigenvalue weighted by Gasteiger charge is 2.23. The van der Waals surface area contributed by atoms with Gasteiger partial charge in [0, 0.05) is 23.0 Å². The lowest BCUT2D eigenvalue weighted by Crippen LogP contribution is -2.11. The van der Waals surface area contributed by atoms with E-state index >= 15 is 0 Å². The number of nitrogens with zero attached hydrogens (tertiary/aromatic N) is 1. The topological polar surface area (TPSA) is 38.9 Å². The molecule has 0 amide bonds. The van der Waals surface area contributed by atoms with Crippen molar-refractivity contribution in [2.75, 3.05) is 0 Å². The van der Waals surface area contributed by atoms with E-state index in [1.807, 2.05) is 24.5 Å². The van der Waals surface area contributed by atoms with Gasteiger partial charge in [-0.1, -0.05) is 19.8 Å². The van der Waals surface area contributed by atoms with Crippen molar-refractivity contribution < 1.29 is 0 Å². The van der Waals surface area contributed by atoms with Crippen molar-refractivity contribution in [2.45, 2.75) is 51.5 Å². The first kappa shape index (κ1) is 11.1. The normalized spacial score (nSPS) is 29.0. The molecule has 0 spiro atoms. The molecule has 2 N–H and O–H groups in total. The van der Waals surface area contributed by atoms with Gasteiger partial charge in [-0.25, -0.2) is 4.98 Å². The molecule has 3 atom stereocenters. The molecule has 2 rings (SSSR count). The number of hydrogen-bond donors (Lipinski definition) is 1. The van der Waals surface area contributed by atoms with Crippen molar-refractivity contribution in [2.24, 2.45) is 11.7 Å². The van der Waals surface area contributed by atoms with Gasteiger partial charge in [-0.15, -0.1) is 11.3 Å². The largest absolute Gasteiger partial charge is 0.323 e. The first-order chi connectivity index (χ1) is 7.16.